The van der Waals surface area contributed by atoms with Gasteiger partial charge in [-0.15, -0.1) is 0 Å². The monoisotopic (exact) mass is 273 g/mol. The van der Waals surface area contributed by atoms with E-state index in [0.29, 0.717) is 18.5 Å². The first-order valence-corrected chi connectivity index (χ1v) is 7.03. The maximum absolute atomic E-state index is 12.4. The Balaban J connectivity index is 2.43. The first-order valence-electron chi connectivity index (χ1n) is 5.59. The summed E-state index contributed by atoms with van der Waals surface area (Å²) >= 11 is 0. The van der Waals surface area contributed by atoms with Crippen molar-refractivity contribution in [3.05, 3.63) is 11.9 Å². The molecule has 1 atom stereocenters. The molecule has 2 rings (SSSR count). The number of aromatic nitrogens is 2. The fourth-order valence-electron chi connectivity index (χ4n) is 2.13. The van der Waals surface area contributed by atoms with Gasteiger partial charge in [-0.25, -0.2) is 8.42 Å². The largest absolute Gasteiger partial charge is 0.480 e. The third-order valence-corrected chi connectivity index (χ3v) is 5.28. The van der Waals surface area contributed by atoms with Crippen molar-refractivity contribution in [3.63, 3.8) is 0 Å². The fourth-order valence-corrected chi connectivity index (χ4v) is 3.97. The lowest BCUT2D eigenvalue weighted by molar-refractivity contribution is -0.140. The van der Waals surface area contributed by atoms with E-state index in [1.165, 1.54) is 10.9 Å². The quantitative estimate of drug-likeness (QED) is 0.834. The Morgan fingerprint density at radius 1 is 1.56 bits per heavy atom. The van der Waals surface area contributed by atoms with Crippen molar-refractivity contribution in [1.29, 1.82) is 0 Å². The van der Waals surface area contributed by atoms with Crippen LogP contribution in [0, 0.1) is 6.92 Å². The van der Waals surface area contributed by atoms with Crippen molar-refractivity contribution >= 4 is 16.0 Å². The maximum Gasteiger partial charge on any atom is 0.322 e. The number of hydrogen-bond donors (Lipinski definition) is 1. The predicted octanol–water partition coefficient (Wildman–Crippen LogP) is -0.0338. The van der Waals surface area contributed by atoms with Crippen molar-refractivity contribution < 1.29 is 18.3 Å². The van der Waals surface area contributed by atoms with Crippen LogP contribution in [0.2, 0.25) is 0 Å². The molecule has 0 amide bonds. The molecule has 18 heavy (non-hydrogen) atoms. The van der Waals surface area contributed by atoms with Crippen molar-refractivity contribution in [1.82, 2.24) is 14.1 Å². The van der Waals surface area contributed by atoms with Crippen LogP contribution >= 0.6 is 0 Å². The van der Waals surface area contributed by atoms with E-state index in [9.17, 15) is 13.2 Å². The molecule has 1 aromatic rings. The minimum atomic E-state index is -3.77. The van der Waals surface area contributed by atoms with Gasteiger partial charge in [0, 0.05) is 13.6 Å². The van der Waals surface area contributed by atoms with Gasteiger partial charge in [0.2, 0.25) is 10.0 Å². The van der Waals surface area contributed by atoms with Gasteiger partial charge in [-0.2, -0.15) is 9.40 Å². The summed E-state index contributed by atoms with van der Waals surface area (Å²) in [7, 11) is -2.13. The summed E-state index contributed by atoms with van der Waals surface area (Å²) in [5.41, 5.74) is 0.506. The molecule has 0 saturated carbocycles. The molecular weight excluding hydrogens is 258 g/mol. The standard InChI is InChI=1S/C10H15N3O4S/c1-7-9(6-11-12(7)2)18(16,17)13-5-3-4-8(13)10(14)15/h6,8H,3-5H2,1-2H3,(H,14,15)/t8-/m1/s1. The summed E-state index contributed by atoms with van der Waals surface area (Å²) in [5, 5.41) is 12.9. The van der Waals surface area contributed by atoms with Gasteiger partial charge in [-0.1, -0.05) is 0 Å². The summed E-state index contributed by atoms with van der Waals surface area (Å²) in [6, 6.07) is -0.963. The zero-order chi connectivity index (χ0) is 13.5. The summed E-state index contributed by atoms with van der Waals surface area (Å²) in [6.07, 6.45) is 2.19. The van der Waals surface area contributed by atoms with Crippen molar-refractivity contribution in [2.24, 2.45) is 7.05 Å². The van der Waals surface area contributed by atoms with E-state index in [-0.39, 0.29) is 11.4 Å². The van der Waals surface area contributed by atoms with Gasteiger partial charge in [-0.05, 0) is 19.8 Å². The number of sulfonamides is 1. The molecule has 8 heteroatoms. The van der Waals surface area contributed by atoms with Crippen LogP contribution in [0.1, 0.15) is 18.5 Å². The number of aliphatic carboxylic acids is 1. The van der Waals surface area contributed by atoms with Crippen LogP contribution in [0.25, 0.3) is 0 Å². The molecular formula is C10H15N3O4S. The Morgan fingerprint density at radius 2 is 2.22 bits per heavy atom. The van der Waals surface area contributed by atoms with E-state index in [1.807, 2.05) is 0 Å². The van der Waals surface area contributed by atoms with E-state index in [4.69, 9.17) is 5.11 Å². The zero-order valence-corrected chi connectivity index (χ0v) is 11.0. The normalized spacial score (nSPS) is 21.3. The van der Waals surface area contributed by atoms with Crippen LogP contribution in [0.3, 0.4) is 0 Å². The van der Waals surface area contributed by atoms with Crippen molar-refractivity contribution in [3.8, 4) is 0 Å². The lowest BCUT2D eigenvalue weighted by Crippen LogP contribution is -2.40. The number of nitrogens with zero attached hydrogens (tertiary/aromatic N) is 3. The van der Waals surface area contributed by atoms with Gasteiger partial charge < -0.3 is 5.11 Å². The van der Waals surface area contributed by atoms with Crippen molar-refractivity contribution in [2.45, 2.75) is 30.7 Å². The molecule has 0 spiro atoms. The number of aryl methyl sites for hydroxylation is 1. The van der Waals surface area contributed by atoms with Crippen LogP contribution in [-0.2, 0) is 21.9 Å². The second kappa shape index (κ2) is 4.36. The third kappa shape index (κ3) is 1.91. The minimum absolute atomic E-state index is 0.0816. The maximum atomic E-state index is 12.4. The highest BCUT2D eigenvalue weighted by atomic mass is 32.2. The van der Waals surface area contributed by atoms with Crippen molar-refractivity contribution in [2.75, 3.05) is 6.54 Å². The summed E-state index contributed by atoms with van der Waals surface area (Å²) in [4.78, 5) is 11.1. The second-order valence-electron chi connectivity index (χ2n) is 4.33. The van der Waals surface area contributed by atoms with E-state index < -0.39 is 22.0 Å². The number of carboxylic acid groups (broad SMARTS) is 1. The lowest BCUT2D eigenvalue weighted by Gasteiger charge is -2.20. The van der Waals surface area contributed by atoms with Crippen LogP contribution in [0.5, 0.6) is 0 Å². The number of carboxylic acids is 1. The van der Waals surface area contributed by atoms with E-state index >= 15 is 0 Å². The van der Waals surface area contributed by atoms with E-state index in [2.05, 4.69) is 5.10 Å². The van der Waals surface area contributed by atoms with Crippen LogP contribution in [0.15, 0.2) is 11.1 Å². The molecule has 1 aliphatic heterocycles. The molecule has 1 fully saturated rings. The molecule has 0 unspecified atom stereocenters. The van der Waals surface area contributed by atoms with Crippen LogP contribution < -0.4 is 0 Å². The second-order valence-corrected chi connectivity index (χ2v) is 6.19. The molecule has 2 heterocycles. The lowest BCUT2D eigenvalue weighted by atomic mass is 10.2. The minimum Gasteiger partial charge on any atom is -0.480 e. The average molecular weight is 273 g/mol. The highest BCUT2D eigenvalue weighted by Gasteiger charge is 2.40. The van der Waals surface area contributed by atoms with Gasteiger partial charge in [-0.3, -0.25) is 9.48 Å². The first kappa shape index (κ1) is 13.0. The molecule has 0 aliphatic carbocycles. The van der Waals surface area contributed by atoms with Gasteiger partial charge in [0.1, 0.15) is 10.9 Å². The molecule has 0 bridgehead atoms. The highest BCUT2D eigenvalue weighted by molar-refractivity contribution is 7.89. The number of carbonyl (C=O) groups is 1. The van der Waals surface area contributed by atoms with Gasteiger partial charge in [0.05, 0.1) is 11.9 Å². The van der Waals surface area contributed by atoms with Gasteiger partial charge >= 0.3 is 5.97 Å². The smallest absolute Gasteiger partial charge is 0.322 e. The molecule has 0 radical (unpaired) electrons. The molecule has 1 aromatic heterocycles. The fraction of sp³-hybridized carbons (Fsp3) is 0.600. The SMILES string of the molecule is Cc1c(S(=O)(=O)N2CCC[C@@H]2C(=O)O)cnn1C. The van der Waals surface area contributed by atoms with Gasteiger partial charge in [0.15, 0.2) is 0 Å². The summed E-state index contributed by atoms with van der Waals surface area (Å²) in [5.74, 6) is -1.10. The Hall–Kier alpha value is -1.41. The van der Waals surface area contributed by atoms with Crippen LogP contribution in [0.4, 0.5) is 0 Å². The third-order valence-electron chi connectivity index (χ3n) is 3.27. The first-order chi connectivity index (χ1) is 8.35. The molecule has 7 nitrogen and oxygen atoms in total. The average Bonchev–Trinajstić information content (AvgIpc) is 2.87. The summed E-state index contributed by atoms with van der Waals surface area (Å²) < 4.78 is 27.3. The number of hydrogen-bond acceptors (Lipinski definition) is 4. The summed E-state index contributed by atoms with van der Waals surface area (Å²) in [6.45, 7) is 1.89. The Morgan fingerprint density at radius 3 is 2.72 bits per heavy atom. The van der Waals surface area contributed by atoms with E-state index in [0.717, 1.165) is 4.31 Å². The molecule has 1 saturated heterocycles. The molecule has 0 aromatic carbocycles. The topological polar surface area (TPSA) is 92.5 Å². The van der Waals surface area contributed by atoms with E-state index in [1.54, 1.807) is 14.0 Å². The highest BCUT2D eigenvalue weighted by Crippen LogP contribution is 2.27. The Labute approximate surface area is 105 Å². The molecule has 1 aliphatic rings. The molecule has 100 valence electrons. The Kier molecular flexibility index (Phi) is 3.16. The van der Waals surface area contributed by atoms with Gasteiger partial charge in [0.25, 0.3) is 0 Å². The number of rotatable bonds is 3. The Bertz CT molecular complexity index is 578. The molecule has 1 N–H and O–H groups in total. The zero-order valence-electron chi connectivity index (χ0n) is 10.2. The van der Waals surface area contributed by atoms with Crippen LogP contribution in [-0.4, -0.2) is 46.2 Å². The predicted molar refractivity (Wildman–Crippen MR) is 62.5 cm³/mol.